The van der Waals surface area contributed by atoms with Gasteiger partial charge in [0.05, 0.1) is 0 Å². The maximum absolute atomic E-state index is 2.43. The largest absolute Gasteiger partial charge is 0.310 e. The molecule has 0 fully saturated rings. The maximum Gasteiger partial charge on any atom is 0.0465 e. The van der Waals surface area contributed by atoms with E-state index in [2.05, 4.69) is 253 Å². The van der Waals surface area contributed by atoms with Crippen molar-refractivity contribution in [2.45, 2.75) is 124 Å². The Morgan fingerprint density at radius 3 is 1.26 bits per heavy atom. The quantitative estimate of drug-likeness (QED) is 0.162. The predicted octanol–water partition coefficient (Wildman–Crippen LogP) is 17.7. The number of nitrogens with zero attached hydrogens (tertiary/aromatic N) is 1. The van der Waals surface area contributed by atoms with Gasteiger partial charge in [-0.1, -0.05) is 206 Å². The predicted molar refractivity (Wildman–Crippen MR) is 270 cm³/mol. The molecule has 0 aromatic heterocycles. The minimum Gasteiger partial charge on any atom is -0.310 e. The molecular formula is C61H67N. The smallest absolute Gasteiger partial charge is 0.0465 e. The highest BCUT2D eigenvalue weighted by Crippen LogP contribution is 2.51. The summed E-state index contributed by atoms with van der Waals surface area (Å²) >= 11 is 0. The maximum atomic E-state index is 2.43. The van der Waals surface area contributed by atoms with Crippen LogP contribution in [0.4, 0.5) is 17.1 Å². The normalized spacial score (nSPS) is 13.8. The third kappa shape index (κ3) is 8.32. The molecule has 7 aromatic rings. The van der Waals surface area contributed by atoms with Gasteiger partial charge in [-0.15, -0.1) is 0 Å². The van der Waals surface area contributed by atoms with Crippen molar-refractivity contribution in [2.75, 3.05) is 4.90 Å². The molecule has 0 saturated heterocycles. The second-order valence-electron chi connectivity index (χ2n) is 22.5. The van der Waals surface area contributed by atoms with Crippen molar-refractivity contribution in [3.8, 4) is 44.5 Å². The van der Waals surface area contributed by atoms with Crippen molar-refractivity contribution in [2.24, 2.45) is 0 Å². The Morgan fingerprint density at radius 1 is 0.306 bits per heavy atom. The molecular weight excluding hydrogens is 747 g/mol. The standard InChI is InChI=1S/C61H67N/c1-57(2,3)46-19-17-18-42(33-46)40-22-26-50(27-23-40)62(52-30-31-54-53-20-15-16-21-55(53)61(13,14)56(54)39-52)51-28-24-41(25-29-51)43-32-44(35-47(34-43)58(4,5)6)45-36-48(59(7,8)9)38-49(37-45)60(10,11)12/h15-39H,1-14H3. The molecule has 0 aliphatic heterocycles. The van der Waals surface area contributed by atoms with E-state index in [9.17, 15) is 0 Å². The van der Waals surface area contributed by atoms with Crippen molar-refractivity contribution in [1.29, 1.82) is 0 Å². The summed E-state index contributed by atoms with van der Waals surface area (Å²) in [4.78, 5) is 2.43. The first-order chi connectivity index (χ1) is 29.0. The van der Waals surface area contributed by atoms with Gasteiger partial charge in [0.25, 0.3) is 0 Å². The number of hydrogen-bond acceptors (Lipinski definition) is 1. The molecule has 0 unspecified atom stereocenters. The molecule has 0 bridgehead atoms. The van der Waals surface area contributed by atoms with Gasteiger partial charge in [-0.25, -0.2) is 0 Å². The molecule has 7 aromatic carbocycles. The summed E-state index contributed by atoms with van der Waals surface area (Å²) in [6, 6.07) is 57.9. The van der Waals surface area contributed by atoms with Gasteiger partial charge in [-0.05, 0) is 142 Å². The van der Waals surface area contributed by atoms with Gasteiger partial charge >= 0.3 is 0 Å². The molecule has 0 N–H and O–H groups in total. The average Bonchev–Trinajstić information content (AvgIpc) is 3.45. The summed E-state index contributed by atoms with van der Waals surface area (Å²) in [5.41, 5.74) is 21.8. The molecule has 1 aliphatic rings. The van der Waals surface area contributed by atoms with Gasteiger partial charge in [0, 0.05) is 22.5 Å². The molecule has 0 saturated carbocycles. The Labute approximate surface area is 373 Å². The molecule has 0 amide bonds. The molecule has 62 heavy (non-hydrogen) atoms. The first kappa shape index (κ1) is 43.0. The fourth-order valence-electron chi connectivity index (χ4n) is 9.10. The molecule has 0 spiro atoms. The SMILES string of the molecule is CC(C)(C)c1cccc(-c2ccc(N(c3ccc(-c4cc(-c5cc(C(C)(C)C)cc(C(C)(C)C)c5)cc(C(C)(C)C)c4)cc3)c3ccc4c(c3)C(C)(C)c3ccccc3-4)cc2)c1. The zero-order valence-electron chi connectivity index (χ0n) is 39.9. The highest BCUT2D eigenvalue weighted by Gasteiger charge is 2.36. The van der Waals surface area contributed by atoms with Gasteiger partial charge in [0.1, 0.15) is 0 Å². The lowest BCUT2D eigenvalue weighted by Crippen LogP contribution is -2.16. The van der Waals surface area contributed by atoms with Crippen LogP contribution in [-0.2, 0) is 27.1 Å². The zero-order valence-corrected chi connectivity index (χ0v) is 39.9. The van der Waals surface area contributed by atoms with E-state index in [-0.39, 0.29) is 27.1 Å². The summed E-state index contributed by atoms with van der Waals surface area (Å²) < 4.78 is 0. The summed E-state index contributed by atoms with van der Waals surface area (Å²) in [5, 5.41) is 0. The Kier molecular flexibility index (Phi) is 10.6. The lowest BCUT2D eigenvalue weighted by atomic mass is 9.78. The van der Waals surface area contributed by atoms with Gasteiger partial charge in [-0.2, -0.15) is 0 Å². The van der Waals surface area contributed by atoms with Crippen LogP contribution < -0.4 is 4.90 Å². The van der Waals surface area contributed by atoms with Crippen LogP contribution in [0.3, 0.4) is 0 Å². The first-order valence-electron chi connectivity index (χ1n) is 22.7. The van der Waals surface area contributed by atoms with Gasteiger partial charge in [0.15, 0.2) is 0 Å². The van der Waals surface area contributed by atoms with E-state index in [0.717, 1.165) is 17.1 Å². The summed E-state index contributed by atoms with van der Waals surface area (Å²) in [7, 11) is 0. The van der Waals surface area contributed by atoms with E-state index in [4.69, 9.17) is 0 Å². The minimum atomic E-state index is -0.102. The fourth-order valence-corrected chi connectivity index (χ4v) is 9.10. The summed E-state index contributed by atoms with van der Waals surface area (Å²) in [5.74, 6) is 0. The second-order valence-corrected chi connectivity index (χ2v) is 22.5. The lowest BCUT2D eigenvalue weighted by molar-refractivity contribution is 0.569. The van der Waals surface area contributed by atoms with E-state index < -0.39 is 0 Å². The topological polar surface area (TPSA) is 3.24 Å². The number of benzene rings is 7. The number of fused-ring (bicyclic) bond motifs is 3. The first-order valence-corrected chi connectivity index (χ1v) is 22.7. The van der Waals surface area contributed by atoms with Gasteiger partial charge in [0.2, 0.25) is 0 Å². The Balaban J connectivity index is 1.24. The molecule has 0 atom stereocenters. The van der Waals surface area contributed by atoms with Crippen molar-refractivity contribution in [3.63, 3.8) is 0 Å². The van der Waals surface area contributed by atoms with Crippen LogP contribution in [0.15, 0.2) is 152 Å². The van der Waals surface area contributed by atoms with E-state index in [1.165, 1.54) is 77.9 Å². The van der Waals surface area contributed by atoms with Crippen LogP contribution in [0.1, 0.15) is 130 Å². The Morgan fingerprint density at radius 2 is 0.726 bits per heavy atom. The Hall–Kier alpha value is -5.66. The Bertz CT molecular complexity index is 2730. The minimum absolute atomic E-state index is 0.0166. The van der Waals surface area contributed by atoms with Crippen LogP contribution in [0, 0.1) is 0 Å². The molecule has 0 heterocycles. The number of rotatable bonds is 6. The van der Waals surface area contributed by atoms with Crippen molar-refractivity contribution in [1.82, 2.24) is 0 Å². The third-order valence-corrected chi connectivity index (χ3v) is 13.3. The van der Waals surface area contributed by atoms with E-state index >= 15 is 0 Å². The van der Waals surface area contributed by atoms with Crippen LogP contribution in [-0.4, -0.2) is 0 Å². The van der Waals surface area contributed by atoms with Gasteiger partial charge in [-0.3, -0.25) is 0 Å². The third-order valence-electron chi connectivity index (χ3n) is 13.3. The zero-order chi connectivity index (χ0) is 44.6. The summed E-state index contributed by atoms with van der Waals surface area (Å²) in [6.07, 6.45) is 0. The molecule has 316 valence electrons. The van der Waals surface area contributed by atoms with Crippen LogP contribution in [0.25, 0.3) is 44.5 Å². The van der Waals surface area contributed by atoms with Crippen LogP contribution >= 0.6 is 0 Å². The molecule has 0 radical (unpaired) electrons. The van der Waals surface area contributed by atoms with Gasteiger partial charge < -0.3 is 4.90 Å². The van der Waals surface area contributed by atoms with E-state index in [1.54, 1.807) is 0 Å². The van der Waals surface area contributed by atoms with Crippen LogP contribution in [0.5, 0.6) is 0 Å². The molecule has 8 rings (SSSR count). The second kappa shape index (κ2) is 15.3. The van der Waals surface area contributed by atoms with Crippen molar-refractivity contribution in [3.05, 3.63) is 185 Å². The molecule has 1 heteroatoms. The van der Waals surface area contributed by atoms with E-state index in [1.807, 2.05) is 0 Å². The highest BCUT2D eigenvalue weighted by molar-refractivity contribution is 5.86. The van der Waals surface area contributed by atoms with E-state index in [0.29, 0.717) is 0 Å². The highest BCUT2D eigenvalue weighted by atomic mass is 15.1. The van der Waals surface area contributed by atoms with Crippen LogP contribution in [0.2, 0.25) is 0 Å². The van der Waals surface area contributed by atoms with Crippen molar-refractivity contribution < 1.29 is 0 Å². The average molecular weight is 814 g/mol. The molecule has 1 nitrogen and oxygen atoms in total. The lowest BCUT2D eigenvalue weighted by Gasteiger charge is -2.28. The number of anilines is 3. The summed E-state index contributed by atoms with van der Waals surface area (Å²) in [6.45, 7) is 32.5. The number of hydrogen-bond donors (Lipinski definition) is 0. The monoisotopic (exact) mass is 814 g/mol. The molecule has 1 aliphatic carbocycles. The fraction of sp³-hybridized carbons (Fsp3) is 0.311. The van der Waals surface area contributed by atoms with Crippen molar-refractivity contribution >= 4 is 17.1 Å².